The minimum Gasteiger partial charge on any atom is -0.481 e. The van der Waals surface area contributed by atoms with Crippen molar-refractivity contribution in [3.05, 3.63) is 28.2 Å². The number of terminal acetylenes is 1. The van der Waals surface area contributed by atoms with E-state index in [0.717, 1.165) is 28.6 Å². The Morgan fingerprint density at radius 1 is 1.40 bits per heavy atom. The molecule has 0 heterocycles. The summed E-state index contributed by atoms with van der Waals surface area (Å²) in [6.45, 7) is 1.11. The average molecular weight is 338 g/mol. The fourth-order valence-corrected chi connectivity index (χ4v) is 3.08. The predicted octanol–water partition coefficient (Wildman–Crippen LogP) is 2.86. The zero-order chi connectivity index (χ0) is 14.4. The molecule has 1 aliphatic rings. The number of ether oxygens (including phenoxy) is 1. The third kappa shape index (κ3) is 3.76. The lowest BCUT2D eigenvalue weighted by Crippen LogP contribution is -2.45. The maximum atomic E-state index is 9.63. The minimum absolute atomic E-state index is 0.133. The van der Waals surface area contributed by atoms with Gasteiger partial charge >= 0.3 is 0 Å². The summed E-state index contributed by atoms with van der Waals surface area (Å²) in [6.07, 6.45) is 9.64. The van der Waals surface area contributed by atoms with Crippen LogP contribution in [0, 0.1) is 12.3 Å². The molecule has 20 heavy (non-hydrogen) atoms. The lowest BCUT2D eigenvalue weighted by molar-refractivity contribution is 0.162. The molecule has 0 aromatic heterocycles. The van der Waals surface area contributed by atoms with Crippen molar-refractivity contribution in [3.8, 4) is 18.1 Å². The fraction of sp³-hybridized carbons (Fsp3) is 0.500. The SMILES string of the molecule is C#CCOc1ccc(Br)cc1CNC1(CO)CCCC1. The van der Waals surface area contributed by atoms with Gasteiger partial charge in [-0.15, -0.1) is 6.42 Å². The molecular weight excluding hydrogens is 318 g/mol. The monoisotopic (exact) mass is 337 g/mol. The third-order valence-electron chi connectivity index (χ3n) is 3.85. The Kier molecular flexibility index (Phi) is 5.47. The highest BCUT2D eigenvalue weighted by atomic mass is 79.9. The van der Waals surface area contributed by atoms with E-state index in [4.69, 9.17) is 11.2 Å². The second kappa shape index (κ2) is 7.12. The second-order valence-corrected chi connectivity index (χ2v) is 6.16. The van der Waals surface area contributed by atoms with Crippen molar-refractivity contribution in [3.63, 3.8) is 0 Å². The smallest absolute Gasteiger partial charge is 0.148 e. The van der Waals surface area contributed by atoms with Gasteiger partial charge in [0.25, 0.3) is 0 Å². The van der Waals surface area contributed by atoms with Crippen molar-refractivity contribution >= 4 is 15.9 Å². The van der Waals surface area contributed by atoms with Crippen molar-refractivity contribution in [1.29, 1.82) is 0 Å². The molecule has 0 bridgehead atoms. The van der Waals surface area contributed by atoms with E-state index >= 15 is 0 Å². The van der Waals surface area contributed by atoms with E-state index in [9.17, 15) is 5.11 Å². The molecule has 0 spiro atoms. The van der Waals surface area contributed by atoms with Crippen LogP contribution < -0.4 is 10.1 Å². The summed E-state index contributed by atoms with van der Waals surface area (Å²) < 4.78 is 6.57. The van der Waals surface area contributed by atoms with E-state index in [1.165, 1.54) is 12.8 Å². The zero-order valence-corrected chi connectivity index (χ0v) is 13.1. The molecule has 1 aliphatic carbocycles. The normalized spacial score (nSPS) is 16.9. The molecule has 0 radical (unpaired) electrons. The van der Waals surface area contributed by atoms with Crippen molar-refractivity contribution < 1.29 is 9.84 Å². The maximum absolute atomic E-state index is 9.63. The molecule has 0 aliphatic heterocycles. The number of aliphatic hydroxyl groups is 1. The Labute approximate surface area is 128 Å². The molecule has 0 saturated heterocycles. The lowest BCUT2D eigenvalue weighted by Gasteiger charge is -2.28. The number of nitrogens with one attached hydrogen (secondary N) is 1. The highest BCUT2D eigenvalue weighted by Crippen LogP contribution is 2.30. The first-order valence-electron chi connectivity index (χ1n) is 6.90. The highest BCUT2D eigenvalue weighted by molar-refractivity contribution is 9.10. The van der Waals surface area contributed by atoms with Crippen LogP contribution in [0.2, 0.25) is 0 Å². The molecule has 3 nitrogen and oxygen atoms in total. The van der Waals surface area contributed by atoms with Crippen LogP contribution in [-0.2, 0) is 6.54 Å². The number of hydrogen-bond acceptors (Lipinski definition) is 3. The van der Waals surface area contributed by atoms with Crippen LogP contribution >= 0.6 is 15.9 Å². The van der Waals surface area contributed by atoms with Gasteiger partial charge in [-0.3, -0.25) is 0 Å². The number of aliphatic hydroxyl groups excluding tert-OH is 1. The molecule has 0 unspecified atom stereocenters. The number of benzene rings is 1. The standard InChI is InChI=1S/C16H20BrNO2/c1-2-9-20-15-6-5-14(17)10-13(15)11-18-16(12-19)7-3-4-8-16/h1,5-6,10,18-19H,3-4,7-9,11-12H2. The molecule has 1 aromatic carbocycles. The first-order valence-corrected chi connectivity index (χ1v) is 7.69. The van der Waals surface area contributed by atoms with Gasteiger partial charge < -0.3 is 15.2 Å². The van der Waals surface area contributed by atoms with E-state index in [0.29, 0.717) is 6.54 Å². The summed E-state index contributed by atoms with van der Waals surface area (Å²) in [5.74, 6) is 3.28. The Bertz CT molecular complexity index is 490. The van der Waals surface area contributed by atoms with E-state index < -0.39 is 0 Å². The predicted molar refractivity (Wildman–Crippen MR) is 83.6 cm³/mol. The second-order valence-electron chi connectivity index (χ2n) is 5.24. The number of halogens is 1. The van der Waals surface area contributed by atoms with Crippen LogP contribution in [0.4, 0.5) is 0 Å². The van der Waals surface area contributed by atoms with Crippen LogP contribution in [0.15, 0.2) is 22.7 Å². The molecule has 1 aromatic rings. The van der Waals surface area contributed by atoms with Crippen LogP contribution in [0.3, 0.4) is 0 Å². The third-order valence-corrected chi connectivity index (χ3v) is 4.34. The van der Waals surface area contributed by atoms with Gasteiger partial charge in [-0.1, -0.05) is 34.7 Å². The van der Waals surface area contributed by atoms with Crippen LogP contribution in [-0.4, -0.2) is 23.9 Å². The highest BCUT2D eigenvalue weighted by Gasteiger charge is 2.32. The van der Waals surface area contributed by atoms with Gasteiger partial charge in [0.05, 0.1) is 6.61 Å². The molecule has 2 rings (SSSR count). The van der Waals surface area contributed by atoms with Gasteiger partial charge in [0.2, 0.25) is 0 Å². The molecule has 2 N–H and O–H groups in total. The van der Waals surface area contributed by atoms with Gasteiger partial charge in [-0.25, -0.2) is 0 Å². The first kappa shape index (κ1) is 15.4. The summed E-state index contributed by atoms with van der Waals surface area (Å²) in [6, 6.07) is 5.88. The van der Waals surface area contributed by atoms with Crippen LogP contribution in [0.1, 0.15) is 31.2 Å². The molecule has 0 amide bonds. The molecule has 108 valence electrons. The zero-order valence-electron chi connectivity index (χ0n) is 11.5. The van der Waals surface area contributed by atoms with Crippen molar-refractivity contribution in [2.24, 2.45) is 0 Å². The van der Waals surface area contributed by atoms with E-state index in [2.05, 4.69) is 27.2 Å². The Balaban J connectivity index is 2.07. The minimum atomic E-state index is -0.133. The molecule has 1 fully saturated rings. The average Bonchev–Trinajstić information content (AvgIpc) is 2.93. The van der Waals surface area contributed by atoms with Crippen LogP contribution in [0.5, 0.6) is 5.75 Å². The summed E-state index contributed by atoms with van der Waals surface area (Å²) in [7, 11) is 0. The molecular formula is C16H20BrNO2. The van der Waals surface area contributed by atoms with Gasteiger partial charge in [-0.05, 0) is 31.0 Å². The van der Waals surface area contributed by atoms with E-state index in [-0.39, 0.29) is 18.8 Å². The Hall–Kier alpha value is -1.02. The number of rotatable bonds is 6. The number of hydrogen-bond donors (Lipinski definition) is 2. The Morgan fingerprint density at radius 2 is 2.15 bits per heavy atom. The van der Waals surface area contributed by atoms with Crippen molar-refractivity contribution in [2.45, 2.75) is 37.8 Å². The van der Waals surface area contributed by atoms with E-state index in [1.807, 2.05) is 18.2 Å². The molecule has 0 atom stereocenters. The largest absolute Gasteiger partial charge is 0.481 e. The van der Waals surface area contributed by atoms with Gasteiger partial charge in [-0.2, -0.15) is 0 Å². The van der Waals surface area contributed by atoms with E-state index in [1.54, 1.807) is 0 Å². The summed E-state index contributed by atoms with van der Waals surface area (Å²) in [4.78, 5) is 0. The van der Waals surface area contributed by atoms with Gasteiger partial charge in [0.15, 0.2) is 0 Å². The fourth-order valence-electron chi connectivity index (χ4n) is 2.67. The quantitative estimate of drug-likeness (QED) is 0.784. The van der Waals surface area contributed by atoms with Gasteiger partial charge in [0.1, 0.15) is 12.4 Å². The summed E-state index contributed by atoms with van der Waals surface area (Å²) in [5.41, 5.74) is 0.917. The lowest BCUT2D eigenvalue weighted by atomic mass is 9.98. The molecule has 1 saturated carbocycles. The van der Waals surface area contributed by atoms with Crippen molar-refractivity contribution in [2.75, 3.05) is 13.2 Å². The van der Waals surface area contributed by atoms with Gasteiger partial charge in [0, 0.05) is 22.1 Å². The first-order chi connectivity index (χ1) is 9.69. The maximum Gasteiger partial charge on any atom is 0.148 e. The molecule has 4 heteroatoms. The summed E-state index contributed by atoms with van der Waals surface area (Å²) in [5, 5.41) is 13.1. The van der Waals surface area contributed by atoms with Crippen molar-refractivity contribution in [1.82, 2.24) is 5.32 Å². The topological polar surface area (TPSA) is 41.5 Å². The van der Waals surface area contributed by atoms with Crippen LogP contribution in [0.25, 0.3) is 0 Å². The Morgan fingerprint density at radius 3 is 2.80 bits per heavy atom. The summed E-state index contributed by atoms with van der Waals surface area (Å²) >= 11 is 3.48.